The Balaban J connectivity index is 2.04. The van der Waals surface area contributed by atoms with Crippen LogP contribution in [0.3, 0.4) is 0 Å². The van der Waals surface area contributed by atoms with E-state index in [9.17, 15) is 4.39 Å². The first-order valence-electron chi connectivity index (χ1n) is 5.33. The van der Waals surface area contributed by atoms with Gasteiger partial charge in [-0.25, -0.2) is 4.39 Å². The Morgan fingerprint density at radius 1 is 1.47 bits per heavy atom. The Hall–Kier alpha value is -1.37. The van der Waals surface area contributed by atoms with Crippen molar-refractivity contribution in [2.75, 3.05) is 0 Å². The molecule has 0 saturated heterocycles. The van der Waals surface area contributed by atoms with Gasteiger partial charge in [0.1, 0.15) is 11.7 Å². The van der Waals surface area contributed by atoms with E-state index >= 15 is 0 Å². The zero-order chi connectivity index (χ0) is 10.7. The van der Waals surface area contributed by atoms with Crippen LogP contribution in [0.1, 0.15) is 37.7 Å². The topological polar surface area (TPSA) is 41.6 Å². The van der Waals surface area contributed by atoms with E-state index in [-0.39, 0.29) is 6.54 Å². The summed E-state index contributed by atoms with van der Waals surface area (Å²) >= 11 is 0. The van der Waals surface area contributed by atoms with E-state index in [0.717, 1.165) is 19.3 Å². The molecule has 0 unspecified atom stereocenters. The van der Waals surface area contributed by atoms with Gasteiger partial charge in [0.2, 0.25) is 0 Å². The highest BCUT2D eigenvalue weighted by molar-refractivity contribution is 5.21. The lowest BCUT2D eigenvalue weighted by atomic mass is 9.86. The molecule has 15 heavy (non-hydrogen) atoms. The number of hydrogen-bond acceptors (Lipinski definition) is 2. The molecule has 1 aromatic heterocycles. The lowest BCUT2D eigenvalue weighted by Crippen LogP contribution is -2.31. The second kappa shape index (κ2) is 4.01. The number of aromatic nitrogens is 2. The fourth-order valence-corrected chi connectivity index (χ4v) is 2.14. The molecule has 1 aromatic rings. The second-order valence-electron chi connectivity index (χ2n) is 4.25. The summed E-state index contributed by atoms with van der Waals surface area (Å²) in [5.41, 5.74) is -0.619. The molecule has 2 rings (SSSR count). The van der Waals surface area contributed by atoms with E-state index in [4.69, 9.17) is 5.26 Å². The zero-order valence-electron chi connectivity index (χ0n) is 8.62. The molecule has 3 nitrogen and oxygen atoms in total. The predicted octanol–water partition coefficient (Wildman–Crippen LogP) is 2.43. The third-order valence-electron chi connectivity index (χ3n) is 2.96. The Morgan fingerprint density at radius 3 is 2.80 bits per heavy atom. The van der Waals surface area contributed by atoms with Crippen molar-refractivity contribution < 1.29 is 4.39 Å². The Morgan fingerprint density at radius 2 is 2.20 bits per heavy atom. The van der Waals surface area contributed by atoms with Gasteiger partial charge < -0.3 is 0 Å². The molecule has 4 heteroatoms. The molecule has 1 fully saturated rings. The minimum Gasteiger partial charge on any atom is -0.268 e. The van der Waals surface area contributed by atoms with Crippen LogP contribution in [0.5, 0.6) is 0 Å². The molecule has 0 atom stereocenters. The maximum Gasteiger partial charge on any atom is 0.130 e. The van der Waals surface area contributed by atoms with E-state index in [1.54, 1.807) is 10.9 Å². The molecule has 0 radical (unpaired) electrons. The molecule has 0 N–H and O–H groups in total. The Kier molecular flexibility index (Phi) is 2.72. The van der Waals surface area contributed by atoms with Crippen LogP contribution in [-0.4, -0.2) is 15.4 Å². The van der Waals surface area contributed by atoms with Crippen LogP contribution in [0, 0.1) is 11.3 Å². The van der Waals surface area contributed by atoms with Crippen molar-refractivity contribution in [3.63, 3.8) is 0 Å². The highest BCUT2D eigenvalue weighted by Crippen LogP contribution is 2.32. The number of hydrogen-bond donors (Lipinski definition) is 0. The van der Waals surface area contributed by atoms with E-state index in [1.165, 1.54) is 6.20 Å². The van der Waals surface area contributed by atoms with Gasteiger partial charge in [0, 0.05) is 6.20 Å². The smallest absolute Gasteiger partial charge is 0.130 e. The van der Waals surface area contributed by atoms with Gasteiger partial charge in [-0.05, 0) is 12.8 Å². The number of halogens is 1. The lowest BCUT2D eigenvalue weighted by molar-refractivity contribution is 0.0815. The number of nitrogens with zero attached hydrogens (tertiary/aromatic N) is 3. The minimum absolute atomic E-state index is 0.286. The standard InChI is InChI=1S/C11H14FN3/c12-11(4-2-1-3-5-11)9-15-8-10(6-13)7-14-15/h7-8H,1-5,9H2. The normalized spacial score (nSPS) is 19.7. The molecular weight excluding hydrogens is 193 g/mol. The molecule has 1 aliphatic rings. The Labute approximate surface area is 88.5 Å². The number of alkyl halides is 1. The third kappa shape index (κ3) is 2.35. The molecule has 80 valence electrons. The molecule has 1 aliphatic carbocycles. The molecule has 1 heterocycles. The molecule has 0 amide bonds. The highest BCUT2D eigenvalue weighted by Gasteiger charge is 2.32. The van der Waals surface area contributed by atoms with Gasteiger partial charge in [-0.1, -0.05) is 19.3 Å². The second-order valence-corrected chi connectivity index (χ2v) is 4.25. The highest BCUT2D eigenvalue weighted by atomic mass is 19.1. The van der Waals surface area contributed by atoms with E-state index in [0.29, 0.717) is 18.4 Å². The average Bonchev–Trinajstić information content (AvgIpc) is 2.66. The first-order valence-corrected chi connectivity index (χ1v) is 5.33. The first-order chi connectivity index (χ1) is 7.22. The molecular formula is C11H14FN3. The first kappa shape index (κ1) is 10.2. The summed E-state index contributed by atoms with van der Waals surface area (Å²) in [5.74, 6) is 0. The third-order valence-corrected chi connectivity index (χ3v) is 2.96. The maximum atomic E-state index is 14.2. The van der Waals surface area contributed by atoms with Crippen LogP contribution in [0.2, 0.25) is 0 Å². The largest absolute Gasteiger partial charge is 0.268 e. The number of nitriles is 1. The average molecular weight is 207 g/mol. The maximum absolute atomic E-state index is 14.2. The van der Waals surface area contributed by atoms with Crippen molar-refractivity contribution in [1.82, 2.24) is 9.78 Å². The fraction of sp³-hybridized carbons (Fsp3) is 0.636. The zero-order valence-corrected chi connectivity index (χ0v) is 8.62. The SMILES string of the molecule is N#Cc1cnn(CC2(F)CCCCC2)c1. The molecule has 0 spiro atoms. The fourth-order valence-electron chi connectivity index (χ4n) is 2.14. The van der Waals surface area contributed by atoms with Gasteiger partial charge in [0.05, 0.1) is 18.3 Å². The van der Waals surface area contributed by atoms with Crippen LogP contribution in [0.4, 0.5) is 4.39 Å². The van der Waals surface area contributed by atoms with Crippen LogP contribution in [0.25, 0.3) is 0 Å². The van der Waals surface area contributed by atoms with Crippen molar-refractivity contribution in [1.29, 1.82) is 5.26 Å². The molecule has 0 aromatic carbocycles. The summed E-state index contributed by atoms with van der Waals surface area (Å²) in [7, 11) is 0. The summed E-state index contributed by atoms with van der Waals surface area (Å²) in [6, 6.07) is 1.99. The van der Waals surface area contributed by atoms with E-state index in [2.05, 4.69) is 5.10 Å². The summed E-state index contributed by atoms with van der Waals surface area (Å²) in [4.78, 5) is 0. The van der Waals surface area contributed by atoms with Gasteiger partial charge in [0.25, 0.3) is 0 Å². The van der Waals surface area contributed by atoms with Crippen molar-refractivity contribution in [3.05, 3.63) is 18.0 Å². The summed E-state index contributed by atoms with van der Waals surface area (Å²) in [6.07, 6.45) is 7.38. The number of rotatable bonds is 2. The van der Waals surface area contributed by atoms with E-state index in [1.807, 2.05) is 6.07 Å². The minimum atomic E-state index is -1.11. The van der Waals surface area contributed by atoms with Gasteiger partial charge in [0.15, 0.2) is 0 Å². The van der Waals surface area contributed by atoms with Gasteiger partial charge in [-0.3, -0.25) is 4.68 Å². The summed E-state index contributed by atoms with van der Waals surface area (Å²) < 4.78 is 15.8. The van der Waals surface area contributed by atoms with Crippen molar-refractivity contribution in [3.8, 4) is 6.07 Å². The van der Waals surface area contributed by atoms with Gasteiger partial charge in [-0.15, -0.1) is 0 Å². The quantitative estimate of drug-likeness (QED) is 0.747. The van der Waals surface area contributed by atoms with Gasteiger partial charge in [-0.2, -0.15) is 10.4 Å². The predicted molar refractivity (Wildman–Crippen MR) is 53.9 cm³/mol. The summed E-state index contributed by atoms with van der Waals surface area (Å²) in [5, 5.41) is 12.6. The van der Waals surface area contributed by atoms with Crippen LogP contribution >= 0.6 is 0 Å². The molecule has 1 saturated carbocycles. The monoisotopic (exact) mass is 207 g/mol. The van der Waals surface area contributed by atoms with Crippen molar-refractivity contribution in [2.45, 2.75) is 44.3 Å². The van der Waals surface area contributed by atoms with Crippen LogP contribution in [-0.2, 0) is 6.54 Å². The van der Waals surface area contributed by atoms with Gasteiger partial charge >= 0.3 is 0 Å². The lowest BCUT2D eigenvalue weighted by Gasteiger charge is -2.29. The Bertz CT molecular complexity index is 371. The van der Waals surface area contributed by atoms with Crippen LogP contribution in [0.15, 0.2) is 12.4 Å². The van der Waals surface area contributed by atoms with Crippen molar-refractivity contribution >= 4 is 0 Å². The van der Waals surface area contributed by atoms with Crippen molar-refractivity contribution in [2.24, 2.45) is 0 Å². The van der Waals surface area contributed by atoms with E-state index < -0.39 is 5.67 Å². The van der Waals surface area contributed by atoms with Crippen LogP contribution < -0.4 is 0 Å². The molecule has 0 aliphatic heterocycles. The molecule has 0 bridgehead atoms. The summed E-state index contributed by atoms with van der Waals surface area (Å²) in [6.45, 7) is 0.286.